The number of aromatic nitrogens is 2. The number of rotatable bonds is 10. The molecule has 1 aliphatic carbocycles. The summed E-state index contributed by atoms with van der Waals surface area (Å²) in [6, 6.07) is 7.12. The highest BCUT2D eigenvalue weighted by atomic mass is 31.2. The molecule has 2 aliphatic rings. The largest absolute Gasteiger partial charge is 0.461 e. The second kappa shape index (κ2) is 12.4. The van der Waals surface area contributed by atoms with Gasteiger partial charge < -0.3 is 19.1 Å². The van der Waals surface area contributed by atoms with Crippen molar-refractivity contribution in [2.24, 2.45) is 0 Å². The zero-order valence-corrected chi connectivity index (χ0v) is 21.7. The van der Waals surface area contributed by atoms with E-state index in [1.165, 1.54) is 6.92 Å². The average molecular weight is 555 g/mol. The van der Waals surface area contributed by atoms with Crippen LogP contribution in [0.4, 0.5) is 4.39 Å². The summed E-state index contributed by atoms with van der Waals surface area (Å²) in [5.74, 6) is -1.59. The van der Waals surface area contributed by atoms with Crippen LogP contribution in [-0.2, 0) is 23.4 Å². The molecule has 5 atom stereocenters. The molecule has 2 heterocycles. The Morgan fingerprint density at radius 2 is 1.97 bits per heavy atom. The van der Waals surface area contributed by atoms with Crippen LogP contribution in [0, 0.1) is 5.82 Å². The second-order valence-corrected chi connectivity index (χ2v) is 11.0. The van der Waals surface area contributed by atoms with Crippen molar-refractivity contribution in [2.75, 3.05) is 6.61 Å². The number of H-pyrrole nitrogens is 1. The van der Waals surface area contributed by atoms with Gasteiger partial charge in [0.2, 0.25) is 5.82 Å². The normalized spacial score (nSPS) is 24.4. The van der Waals surface area contributed by atoms with E-state index in [2.05, 4.69) is 5.09 Å². The highest BCUT2D eigenvalue weighted by Crippen LogP contribution is 2.46. The number of carbonyl (C=O) groups is 1. The number of aliphatic hydroxyl groups is 1. The number of nitrogens with zero attached hydrogens (tertiary/aromatic N) is 1. The lowest BCUT2D eigenvalue weighted by Crippen LogP contribution is -2.38. The van der Waals surface area contributed by atoms with Gasteiger partial charge in [0.1, 0.15) is 30.2 Å². The number of esters is 1. The van der Waals surface area contributed by atoms with Gasteiger partial charge in [-0.3, -0.25) is 23.7 Å². The van der Waals surface area contributed by atoms with Crippen molar-refractivity contribution in [3.8, 4) is 5.75 Å². The summed E-state index contributed by atoms with van der Waals surface area (Å²) in [5, 5.41) is 13.1. The summed E-state index contributed by atoms with van der Waals surface area (Å²) in [4.78, 5) is 37.9. The van der Waals surface area contributed by atoms with Crippen LogP contribution in [0.2, 0.25) is 0 Å². The first-order valence-corrected chi connectivity index (χ1v) is 14.0. The lowest BCUT2D eigenvalue weighted by molar-refractivity contribution is -0.152. The molecule has 0 bridgehead atoms. The van der Waals surface area contributed by atoms with Gasteiger partial charge in [-0.15, -0.1) is 0 Å². The van der Waals surface area contributed by atoms with E-state index in [9.17, 15) is 28.4 Å². The van der Waals surface area contributed by atoms with Crippen LogP contribution >= 0.6 is 7.75 Å². The summed E-state index contributed by atoms with van der Waals surface area (Å²) in [5.41, 5.74) is -2.09. The third kappa shape index (κ3) is 7.17. The summed E-state index contributed by atoms with van der Waals surface area (Å²) >= 11 is 0. The van der Waals surface area contributed by atoms with Gasteiger partial charge in [0.25, 0.3) is 5.56 Å². The van der Waals surface area contributed by atoms with Crippen LogP contribution in [0.15, 0.2) is 46.1 Å². The van der Waals surface area contributed by atoms with E-state index in [-0.39, 0.29) is 18.3 Å². The first-order valence-electron chi connectivity index (χ1n) is 12.5. The van der Waals surface area contributed by atoms with Gasteiger partial charge >= 0.3 is 19.4 Å². The van der Waals surface area contributed by atoms with Crippen molar-refractivity contribution in [3.05, 3.63) is 63.2 Å². The highest BCUT2D eigenvalue weighted by molar-refractivity contribution is 7.52. The number of halogens is 1. The molecule has 0 spiro atoms. The van der Waals surface area contributed by atoms with E-state index in [1.807, 2.05) is 4.98 Å². The van der Waals surface area contributed by atoms with Crippen molar-refractivity contribution in [1.82, 2.24) is 14.6 Å². The number of aromatic amines is 1. The van der Waals surface area contributed by atoms with Gasteiger partial charge in [-0.2, -0.15) is 9.48 Å². The highest BCUT2D eigenvalue weighted by Gasteiger charge is 2.40. The molecule has 2 unspecified atom stereocenters. The zero-order valence-electron chi connectivity index (χ0n) is 20.8. The minimum absolute atomic E-state index is 0.124. The molecule has 1 saturated heterocycles. The summed E-state index contributed by atoms with van der Waals surface area (Å²) < 4.78 is 50.6. The number of carbonyl (C=O) groups excluding carboxylic acids is 1. The monoisotopic (exact) mass is 555 g/mol. The number of benzene rings is 1. The Labute approximate surface area is 217 Å². The van der Waals surface area contributed by atoms with Gasteiger partial charge in [0.15, 0.2) is 0 Å². The molecule has 1 aromatic heterocycles. The Morgan fingerprint density at radius 3 is 2.68 bits per heavy atom. The Bertz CT molecular complexity index is 1260. The molecule has 2 aromatic rings. The Morgan fingerprint density at radius 1 is 1.26 bits per heavy atom. The van der Waals surface area contributed by atoms with Crippen molar-refractivity contribution in [2.45, 2.75) is 76.0 Å². The maximum atomic E-state index is 13.7. The quantitative estimate of drug-likeness (QED) is 0.294. The Balaban J connectivity index is 1.43. The zero-order chi connectivity index (χ0) is 27.3. The van der Waals surface area contributed by atoms with E-state index >= 15 is 0 Å². The molecule has 3 N–H and O–H groups in total. The minimum atomic E-state index is -4.22. The maximum absolute atomic E-state index is 13.7. The van der Waals surface area contributed by atoms with Crippen molar-refractivity contribution < 1.29 is 37.4 Å². The number of hydrogen-bond acceptors (Lipinski definition) is 9. The number of hydrogen-bond donors (Lipinski definition) is 3. The van der Waals surface area contributed by atoms with Crippen molar-refractivity contribution >= 4 is 13.7 Å². The standard InChI is InChI=1S/C24H31FN3O9P/c1-15(23(31)35-16-8-4-2-5-9-16)27-38(33,37-17-10-6-3-7-11-17)34-14-20-19(29)12-21(36-20)28-13-18(25)22(30)26-24(28)32/h3,6-7,10-11,13,15-16,19-21,29H,2,4-5,8-9,12,14H2,1H3,(H,27,33)(H,26,30,32)/t15-,19+,20?,21+,38?/m0/s1. The fourth-order valence-electron chi connectivity index (χ4n) is 4.33. The molecule has 0 radical (unpaired) electrons. The third-order valence-corrected chi connectivity index (χ3v) is 8.00. The molecule has 14 heteroatoms. The molecule has 4 rings (SSSR count). The smallest absolute Gasteiger partial charge is 0.459 e. The van der Waals surface area contributed by atoms with Gasteiger partial charge in [-0.05, 0) is 44.7 Å². The average Bonchev–Trinajstić information content (AvgIpc) is 3.26. The molecular formula is C24H31FN3O9P. The minimum Gasteiger partial charge on any atom is -0.461 e. The first-order chi connectivity index (χ1) is 18.1. The summed E-state index contributed by atoms with van der Waals surface area (Å²) in [7, 11) is -4.22. The van der Waals surface area contributed by atoms with Crippen LogP contribution in [-0.4, -0.2) is 51.6 Å². The maximum Gasteiger partial charge on any atom is 0.459 e. The topological polar surface area (TPSA) is 158 Å². The van der Waals surface area contributed by atoms with Gasteiger partial charge in [-0.1, -0.05) is 24.6 Å². The molecule has 1 aromatic carbocycles. The van der Waals surface area contributed by atoms with E-state index < -0.39 is 61.9 Å². The predicted octanol–water partition coefficient (Wildman–Crippen LogP) is 2.38. The lowest BCUT2D eigenvalue weighted by atomic mass is 9.98. The van der Waals surface area contributed by atoms with Crippen molar-refractivity contribution in [1.29, 1.82) is 0 Å². The van der Waals surface area contributed by atoms with E-state index in [0.717, 1.165) is 36.7 Å². The lowest BCUT2D eigenvalue weighted by Gasteiger charge is -2.27. The van der Waals surface area contributed by atoms with Crippen LogP contribution < -0.4 is 20.9 Å². The van der Waals surface area contributed by atoms with Gasteiger partial charge in [0, 0.05) is 6.42 Å². The van der Waals surface area contributed by atoms with Crippen LogP contribution in [0.1, 0.15) is 51.7 Å². The van der Waals surface area contributed by atoms with Crippen LogP contribution in [0.25, 0.3) is 0 Å². The Kier molecular flexibility index (Phi) is 9.16. The molecule has 2 fully saturated rings. The number of ether oxygens (including phenoxy) is 2. The summed E-state index contributed by atoms with van der Waals surface area (Å²) in [6.07, 6.45) is 1.58. The van der Waals surface area contributed by atoms with Crippen LogP contribution in [0.3, 0.4) is 0 Å². The van der Waals surface area contributed by atoms with E-state index in [0.29, 0.717) is 6.20 Å². The SMILES string of the molecule is C[C@H](NP(=O)(OCC1O[C@@H](n2cc(F)c(=O)[nH]c2=O)C[C@H]1O)Oc1ccccc1)C(=O)OC1CCCCC1. The predicted molar refractivity (Wildman–Crippen MR) is 132 cm³/mol. The molecule has 1 saturated carbocycles. The van der Waals surface area contributed by atoms with Gasteiger partial charge in [0.05, 0.1) is 18.9 Å². The molecule has 0 amide bonds. The fourth-order valence-corrected chi connectivity index (χ4v) is 5.83. The third-order valence-electron chi connectivity index (χ3n) is 6.36. The molecule has 208 valence electrons. The number of para-hydroxylation sites is 1. The van der Waals surface area contributed by atoms with Crippen LogP contribution in [0.5, 0.6) is 5.75 Å². The Hall–Kier alpha value is -2.83. The summed E-state index contributed by atoms with van der Waals surface area (Å²) in [6.45, 7) is 1.02. The van der Waals surface area contributed by atoms with Crippen molar-refractivity contribution in [3.63, 3.8) is 0 Å². The number of nitrogens with one attached hydrogen (secondary N) is 2. The molecule has 12 nitrogen and oxygen atoms in total. The first kappa shape index (κ1) is 28.2. The van der Waals surface area contributed by atoms with E-state index in [1.54, 1.807) is 30.3 Å². The van der Waals surface area contributed by atoms with Gasteiger partial charge in [-0.25, -0.2) is 9.36 Å². The fraction of sp³-hybridized carbons (Fsp3) is 0.542. The molecule has 38 heavy (non-hydrogen) atoms. The second-order valence-electron chi connectivity index (χ2n) is 9.32. The molecule has 1 aliphatic heterocycles. The molecular weight excluding hydrogens is 524 g/mol. The number of aliphatic hydroxyl groups excluding tert-OH is 1. The van der Waals surface area contributed by atoms with E-state index in [4.69, 9.17) is 18.5 Å².